The van der Waals surface area contributed by atoms with Gasteiger partial charge in [0.2, 0.25) is 5.39 Å². The van der Waals surface area contributed by atoms with E-state index in [9.17, 15) is 5.11 Å². The number of hydrogen-bond acceptors (Lipinski definition) is 3. The van der Waals surface area contributed by atoms with Gasteiger partial charge in [-0.05, 0) is 5.56 Å². The lowest BCUT2D eigenvalue weighted by molar-refractivity contribution is 0.131. The van der Waals surface area contributed by atoms with E-state index >= 15 is 0 Å². The first-order chi connectivity index (χ1) is 6.77. The number of methoxy groups -OCH3 is 1. The summed E-state index contributed by atoms with van der Waals surface area (Å²) in [5.41, 5.74) is 1.04. The molecule has 72 valence electrons. The molecule has 0 amide bonds. The fraction of sp³-hybridized carbons (Fsp3) is 0.200. The summed E-state index contributed by atoms with van der Waals surface area (Å²) >= 11 is 0. The molecule has 0 unspecified atom stereocenters. The first kappa shape index (κ1) is 10.1. The molecule has 0 aliphatic heterocycles. The van der Waals surface area contributed by atoms with Gasteiger partial charge in [0.25, 0.3) is 0 Å². The molecule has 0 saturated carbocycles. The largest absolute Gasteiger partial charge is 0.475 e. The van der Waals surface area contributed by atoms with E-state index in [0.717, 1.165) is 5.56 Å². The lowest BCUT2D eigenvalue weighted by Crippen LogP contribution is -1.94. The van der Waals surface area contributed by atoms with Crippen LogP contribution < -0.4 is 0 Å². The molecule has 0 atom stereocenters. The minimum absolute atomic E-state index is 0.110. The third-order valence-electron chi connectivity index (χ3n) is 1.78. The third kappa shape index (κ3) is 2.49. The highest BCUT2D eigenvalue weighted by atomic mass is 16.6. The molecule has 0 bridgehead atoms. The molecule has 0 aromatic heterocycles. The maximum absolute atomic E-state index is 9.18. The Morgan fingerprint density at radius 2 is 2.07 bits per heavy atom. The van der Waals surface area contributed by atoms with Gasteiger partial charge in [0.15, 0.2) is 4.98 Å². The molecule has 0 saturated heterocycles. The predicted molar refractivity (Wildman–Crippen MR) is 51.9 cm³/mol. The predicted octanol–water partition coefficient (Wildman–Crippen LogP) is 2.46. The van der Waals surface area contributed by atoms with Crippen LogP contribution in [0.25, 0.3) is 4.98 Å². The van der Waals surface area contributed by atoms with Crippen LogP contribution in [-0.2, 0) is 11.2 Å². The van der Waals surface area contributed by atoms with E-state index < -0.39 is 0 Å². The number of benzene rings is 1. The van der Waals surface area contributed by atoms with E-state index in [2.05, 4.69) is 9.71 Å². The summed E-state index contributed by atoms with van der Waals surface area (Å²) in [6.45, 7) is 0. The number of ether oxygens (including phenoxy) is 1. The Hall–Kier alpha value is -2.02. The summed E-state index contributed by atoms with van der Waals surface area (Å²) in [6.07, 6.45) is 0.330. The Morgan fingerprint density at radius 3 is 2.57 bits per heavy atom. The minimum Gasteiger partial charge on any atom is -0.475 e. The van der Waals surface area contributed by atoms with Crippen molar-refractivity contribution in [3.8, 4) is 0 Å². The SMILES string of the molecule is CO/C(O)=C(/Cc1ccccc1)[N+]#N. The van der Waals surface area contributed by atoms with Crippen LogP contribution in [0, 0.1) is 5.39 Å². The third-order valence-corrected chi connectivity index (χ3v) is 1.78. The molecule has 0 aliphatic rings. The molecule has 14 heavy (non-hydrogen) atoms. The molecule has 0 radical (unpaired) electrons. The standard InChI is InChI=1S/C10H10N2O2/c1-14-10(13)9(12-11)7-8-5-3-2-4-6-8/h2-6H,7H2,1H3/p+1/b10-9-. The van der Waals surface area contributed by atoms with Crippen LogP contribution in [0.15, 0.2) is 42.0 Å². The van der Waals surface area contributed by atoms with Crippen LogP contribution in [0.1, 0.15) is 5.56 Å². The highest BCUT2D eigenvalue weighted by Crippen LogP contribution is 2.12. The zero-order valence-electron chi connectivity index (χ0n) is 7.84. The van der Waals surface area contributed by atoms with Crippen molar-refractivity contribution in [1.82, 2.24) is 0 Å². The van der Waals surface area contributed by atoms with Crippen molar-refractivity contribution in [3.05, 3.63) is 52.5 Å². The Labute approximate surface area is 82.1 Å². The zero-order valence-corrected chi connectivity index (χ0v) is 7.84. The number of rotatable bonds is 3. The van der Waals surface area contributed by atoms with Crippen molar-refractivity contribution in [3.63, 3.8) is 0 Å². The normalized spacial score (nSPS) is 11.4. The lowest BCUT2D eigenvalue weighted by Gasteiger charge is -1.94. The second-order valence-electron chi connectivity index (χ2n) is 2.72. The van der Waals surface area contributed by atoms with Crippen LogP contribution in [0.5, 0.6) is 0 Å². The van der Waals surface area contributed by atoms with Crippen molar-refractivity contribution >= 4 is 0 Å². The molecule has 1 aromatic rings. The van der Waals surface area contributed by atoms with E-state index in [4.69, 9.17) is 5.39 Å². The Bertz CT molecular complexity index is 365. The number of aliphatic hydroxyl groups is 1. The van der Waals surface area contributed by atoms with Gasteiger partial charge in [-0.2, -0.15) is 0 Å². The molecule has 1 N–H and O–H groups in total. The van der Waals surface area contributed by atoms with Gasteiger partial charge in [-0.15, -0.1) is 0 Å². The van der Waals surface area contributed by atoms with Gasteiger partial charge in [-0.1, -0.05) is 30.3 Å². The summed E-state index contributed by atoms with van der Waals surface area (Å²) in [4.78, 5) is 2.96. The minimum atomic E-state index is -0.364. The molecular formula is C10H11N2O2+. The van der Waals surface area contributed by atoms with Gasteiger partial charge >= 0.3 is 11.6 Å². The fourth-order valence-electron chi connectivity index (χ4n) is 1.06. The van der Waals surface area contributed by atoms with E-state index in [-0.39, 0.29) is 11.6 Å². The van der Waals surface area contributed by atoms with Gasteiger partial charge in [0, 0.05) is 0 Å². The molecule has 0 aliphatic carbocycles. The Balaban J connectivity index is 2.84. The number of allylic oxidation sites excluding steroid dienone is 1. The number of hydrogen-bond donors (Lipinski definition) is 1. The van der Waals surface area contributed by atoms with Crippen molar-refractivity contribution in [2.75, 3.05) is 7.11 Å². The summed E-state index contributed by atoms with van der Waals surface area (Å²) in [6, 6.07) is 9.36. The second kappa shape index (κ2) is 4.87. The zero-order chi connectivity index (χ0) is 10.4. The van der Waals surface area contributed by atoms with Gasteiger partial charge in [0.05, 0.1) is 13.5 Å². The summed E-state index contributed by atoms with van der Waals surface area (Å²) < 4.78 is 4.56. The lowest BCUT2D eigenvalue weighted by atomic mass is 10.1. The van der Waals surface area contributed by atoms with E-state index in [0.29, 0.717) is 6.42 Å². The van der Waals surface area contributed by atoms with Crippen molar-refractivity contribution < 1.29 is 9.84 Å². The fourth-order valence-corrected chi connectivity index (χ4v) is 1.06. The molecule has 1 rings (SSSR count). The monoisotopic (exact) mass is 191 g/mol. The van der Waals surface area contributed by atoms with Crippen molar-refractivity contribution in [1.29, 1.82) is 5.39 Å². The molecule has 1 aromatic carbocycles. The second-order valence-corrected chi connectivity index (χ2v) is 2.72. The van der Waals surface area contributed by atoms with Crippen LogP contribution in [0.2, 0.25) is 0 Å². The van der Waals surface area contributed by atoms with Crippen LogP contribution in [0.4, 0.5) is 0 Å². The smallest absolute Gasteiger partial charge is 0.444 e. The van der Waals surface area contributed by atoms with Gasteiger partial charge in [-0.25, -0.2) is 0 Å². The highest BCUT2D eigenvalue weighted by molar-refractivity contribution is 5.24. The summed E-state index contributed by atoms with van der Waals surface area (Å²) in [5.74, 6) is -0.364. The summed E-state index contributed by atoms with van der Waals surface area (Å²) in [7, 11) is 1.31. The van der Waals surface area contributed by atoms with Crippen LogP contribution >= 0.6 is 0 Å². The Kier molecular flexibility index (Phi) is 3.50. The Morgan fingerprint density at radius 1 is 1.43 bits per heavy atom. The molecule has 4 heteroatoms. The maximum atomic E-state index is 9.18. The van der Waals surface area contributed by atoms with E-state index in [1.165, 1.54) is 7.11 Å². The first-order valence-electron chi connectivity index (χ1n) is 4.13. The average molecular weight is 191 g/mol. The molecule has 4 nitrogen and oxygen atoms in total. The molecule has 0 heterocycles. The number of nitrogens with zero attached hydrogens (tertiary/aromatic N) is 2. The highest BCUT2D eigenvalue weighted by Gasteiger charge is 2.20. The van der Waals surface area contributed by atoms with E-state index in [1.807, 2.05) is 30.3 Å². The van der Waals surface area contributed by atoms with Crippen molar-refractivity contribution in [2.24, 2.45) is 0 Å². The van der Waals surface area contributed by atoms with Crippen LogP contribution in [-0.4, -0.2) is 12.2 Å². The van der Waals surface area contributed by atoms with Gasteiger partial charge in [0.1, 0.15) is 0 Å². The molecule has 0 fully saturated rings. The van der Waals surface area contributed by atoms with Gasteiger partial charge in [-0.3, -0.25) is 0 Å². The van der Waals surface area contributed by atoms with E-state index in [1.54, 1.807) is 0 Å². The van der Waals surface area contributed by atoms with Crippen LogP contribution in [0.3, 0.4) is 0 Å². The summed E-state index contributed by atoms with van der Waals surface area (Å²) in [5, 5.41) is 17.8. The topological polar surface area (TPSA) is 57.6 Å². The molecular weight excluding hydrogens is 180 g/mol. The average Bonchev–Trinajstić information content (AvgIpc) is 2.26. The number of diazo groups is 1. The molecule has 0 spiro atoms. The first-order valence-corrected chi connectivity index (χ1v) is 4.13. The quantitative estimate of drug-likeness (QED) is 0.589. The number of aliphatic hydroxyl groups excluding tert-OH is 1. The van der Waals surface area contributed by atoms with Crippen molar-refractivity contribution in [2.45, 2.75) is 6.42 Å². The van der Waals surface area contributed by atoms with Gasteiger partial charge < -0.3 is 9.84 Å². The maximum Gasteiger partial charge on any atom is 0.444 e.